The van der Waals surface area contributed by atoms with Gasteiger partial charge in [0.2, 0.25) is 0 Å². The van der Waals surface area contributed by atoms with E-state index >= 15 is 0 Å². The minimum Gasteiger partial charge on any atom is -0.321 e. The second kappa shape index (κ2) is 5.42. The molecule has 5 nitrogen and oxygen atoms in total. The molecule has 0 bridgehead atoms. The van der Waals surface area contributed by atoms with Crippen molar-refractivity contribution in [3.05, 3.63) is 68.7 Å². The maximum atomic E-state index is 12.5. The van der Waals surface area contributed by atoms with Crippen molar-refractivity contribution in [1.82, 2.24) is 9.55 Å². The minimum absolute atomic E-state index is 0.139. The molecule has 0 saturated carbocycles. The molecule has 2 aromatic carbocycles. The van der Waals surface area contributed by atoms with Gasteiger partial charge in [-0.05, 0) is 36.4 Å². The highest BCUT2D eigenvalue weighted by Gasteiger charge is 2.24. The van der Waals surface area contributed by atoms with Gasteiger partial charge in [-0.25, -0.2) is 4.98 Å². The Hall–Kier alpha value is -2.73. The normalized spacial score (nSPS) is 14.9. The first-order valence-corrected chi connectivity index (χ1v) is 8.12. The van der Waals surface area contributed by atoms with E-state index in [1.807, 2.05) is 30.3 Å². The number of amides is 1. The van der Waals surface area contributed by atoms with Crippen molar-refractivity contribution in [2.45, 2.75) is 0 Å². The first-order valence-electron chi connectivity index (χ1n) is 7.33. The molecule has 118 valence electrons. The molecule has 1 amide bonds. The quantitative estimate of drug-likeness (QED) is 0.658. The zero-order valence-corrected chi connectivity index (χ0v) is 14.3. The Morgan fingerprint density at radius 3 is 2.79 bits per heavy atom. The molecule has 0 fully saturated rings. The van der Waals surface area contributed by atoms with Crippen LogP contribution in [-0.4, -0.2) is 15.5 Å². The van der Waals surface area contributed by atoms with Crippen LogP contribution >= 0.6 is 15.9 Å². The predicted octanol–water partition coefficient (Wildman–Crippen LogP) is 3.19. The van der Waals surface area contributed by atoms with E-state index in [1.54, 1.807) is 25.3 Å². The molecule has 0 saturated heterocycles. The summed E-state index contributed by atoms with van der Waals surface area (Å²) >= 11 is 3.42. The highest BCUT2D eigenvalue weighted by atomic mass is 79.9. The van der Waals surface area contributed by atoms with Crippen molar-refractivity contribution in [3.63, 3.8) is 0 Å². The van der Waals surface area contributed by atoms with E-state index in [2.05, 4.69) is 26.2 Å². The van der Waals surface area contributed by atoms with Gasteiger partial charge in [-0.2, -0.15) is 0 Å². The van der Waals surface area contributed by atoms with Gasteiger partial charge in [0.1, 0.15) is 5.82 Å². The Morgan fingerprint density at radius 2 is 1.96 bits per heavy atom. The lowest BCUT2D eigenvalue weighted by molar-refractivity contribution is -0.110. The topological polar surface area (TPSA) is 64.0 Å². The highest BCUT2D eigenvalue weighted by molar-refractivity contribution is 9.10. The van der Waals surface area contributed by atoms with Crippen LogP contribution < -0.4 is 10.9 Å². The number of hydrogen-bond acceptors (Lipinski definition) is 3. The number of rotatable bonds is 1. The molecule has 1 N–H and O–H groups in total. The third-order valence-corrected chi connectivity index (χ3v) is 4.55. The lowest BCUT2D eigenvalue weighted by Crippen LogP contribution is -2.20. The average Bonchev–Trinajstić information content (AvgIpc) is 2.88. The molecule has 1 aromatic heterocycles. The molecule has 0 radical (unpaired) electrons. The fourth-order valence-electron chi connectivity index (χ4n) is 2.80. The SMILES string of the molecule is Cn1c(C=C2C(=O)Nc3ccc(Br)cc32)nc2ccccc2c1=O. The second-order valence-corrected chi connectivity index (χ2v) is 6.47. The molecule has 4 rings (SSSR count). The fourth-order valence-corrected chi connectivity index (χ4v) is 3.16. The van der Waals surface area contributed by atoms with Gasteiger partial charge >= 0.3 is 0 Å². The third kappa shape index (κ3) is 2.27. The maximum Gasteiger partial charge on any atom is 0.261 e. The number of halogens is 1. The van der Waals surface area contributed by atoms with Crippen molar-refractivity contribution in [1.29, 1.82) is 0 Å². The molecule has 2 heterocycles. The van der Waals surface area contributed by atoms with Gasteiger partial charge in [0, 0.05) is 22.8 Å². The number of fused-ring (bicyclic) bond motifs is 2. The number of aromatic nitrogens is 2. The minimum atomic E-state index is -0.203. The van der Waals surface area contributed by atoms with Crippen LogP contribution in [0.3, 0.4) is 0 Å². The van der Waals surface area contributed by atoms with Crippen LogP contribution in [0.5, 0.6) is 0 Å². The zero-order valence-electron chi connectivity index (χ0n) is 12.7. The van der Waals surface area contributed by atoms with Crippen LogP contribution in [0, 0.1) is 0 Å². The first kappa shape index (κ1) is 14.8. The standard InChI is InChI=1S/C18H12BrN3O2/c1-22-16(20-14-5-3-2-4-11(14)18(22)24)9-13-12-8-10(19)6-7-15(12)21-17(13)23/h2-9H,1H3,(H,21,23). The van der Waals surface area contributed by atoms with Gasteiger partial charge in [0.05, 0.1) is 16.5 Å². The van der Waals surface area contributed by atoms with Gasteiger partial charge in [0.25, 0.3) is 11.5 Å². The molecule has 1 aliphatic rings. The number of nitrogens with one attached hydrogen (secondary N) is 1. The summed E-state index contributed by atoms with van der Waals surface area (Å²) in [6.45, 7) is 0. The fraction of sp³-hybridized carbons (Fsp3) is 0.0556. The molecule has 0 atom stereocenters. The summed E-state index contributed by atoms with van der Waals surface area (Å²) in [5.74, 6) is 0.238. The van der Waals surface area contributed by atoms with E-state index < -0.39 is 0 Å². The monoisotopic (exact) mass is 381 g/mol. The van der Waals surface area contributed by atoms with Crippen molar-refractivity contribution in [2.24, 2.45) is 7.05 Å². The second-order valence-electron chi connectivity index (χ2n) is 5.55. The number of anilines is 1. The van der Waals surface area contributed by atoms with Gasteiger partial charge < -0.3 is 5.32 Å². The van der Waals surface area contributed by atoms with Crippen LogP contribution in [0.4, 0.5) is 5.69 Å². The van der Waals surface area contributed by atoms with E-state index in [0.717, 1.165) is 15.7 Å². The van der Waals surface area contributed by atoms with E-state index in [1.165, 1.54) is 4.57 Å². The summed E-state index contributed by atoms with van der Waals surface area (Å²) in [5.41, 5.74) is 2.50. The Labute approximate surface area is 145 Å². The lowest BCUT2D eigenvalue weighted by atomic mass is 10.1. The van der Waals surface area contributed by atoms with Gasteiger partial charge in [-0.1, -0.05) is 28.1 Å². The Bertz CT molecular complexity index is 1100. The summed E-state index contributed by atoms with van der Waals surface area (Å²) in [7, 11) is 1.66. The molecule has 0 aliphatic carbocycles. The molecule has 6 heteroatoms. The van der Waals surface area contributed by atoms with Gasteiger partial charge in [0.15, 0.2) is 0 Å². The van der Waals surface area contributed by atoms with E-state index in [4.69, 9.17) is 0 Å². The number of hydrogen-bond donors (Lipinski definition) is 1. The highest BCUT2D eigenvalue weighted by Crippen LogP contribution is 2.34. The van der Waals surface area contributed by atoms with Crippen LogP contribution in [-0.2, 0) is 11.8 Å². The summed E-state index contributed by atoms with van der Waals surface area (Å²) in [4.78, 5) is 29.3. The molecule has 3 aromatic rings. The Kier molecular flexibility index (Phi) is 3.35. The molecule has 1 aliphatic heterocycles. The average molecular weight is 382 g/mol. The molecule has 0 spiro atoms. The van der Waals surface area contributed by atoms with Crippen molar-refractivity contribution >= 4 is 50.1 Å². The van der Waals surface area contributed by atoms with E-state index in [-0.39, 0.29) is 11.5 Å². The maximum absolute atomic E-state index is 12.5. The molecular weight excluding hydrogens is 370 g/mol. The summed E-state index contributed by atoms with van der Waals surface area (Å²) < 4.78 is 2.34. The molecule has 0 unspecified atom stereocenters. The van der Waals surface area contributed by atoms with Crippen molar-refractivity contribution in [2.75, 3.05) is 5.32 Å². The van der Waals surface area contributed by atoms with Crippen molar-refractivity contribution < 1.29 is 4.79 Å². The Balaban J connectivity index is 1.96. The number of benzene rings is 2. The van der Waals surface area contributed by atoms with Crippen LogP contribution in [0.15, 0.2) is 51.7 Å². The summed E-state index contributed by atoms with van der Waals surface area (Å²) in [5, 5.41) is 3.38. The predicted molar refractivity (Wildman–Crippen MR) is 97.6 cm³/mol. The number of para-hydroxylation sites is 1. The molecule has 24 heavy (non-hydrogen) atoms. The smallest absolute Gasteiger partial charge is 0.261 e. The lowest BCUT2D eigenvalue weighted by Gasteiger charge is -2.06. The summed E-state index contributed by atoms with van der Waals surface area (Å²) in [6, 6.07) is 12.8. The van der Waals surface area contributed by atoms with Gasteiger partial charge in [-0.15, -0.1) is 0 Å². The Morgan fingerprint density at radius 1 is 1.17 bits per heavy atom. The van der Waals surface area contributed by atoms with Crippen LogP contribution in [0.25, 0.3) is 22.6 Å². The number of carbonyl (C=O) groups is 1. The first-order chi connectivity index (χ1) is 11.5. The van der Waals surface area contributed by atoms with Crippen molar-refractivity contribution in [3.8, 4) is 0 Å². The van der Waals surface area contributed by atoms with Crippen LogP contribution in [0.2, 0.25) is 0 Å². The zero-order chi connectivity index (χ0) is 16.8. The van der Waals surface area contributed by atoms with Gasteiger partial charge in [-0.3, -0.25) is 14.2 Å². The number of carbonyl (C=O) groups excluding carboxylic acids is 1. The van der Waals surface area contributed by atoms with Crippen LogP contribution in [0.1, 0.15) is 11.4 Å². The third-order valence-electron chi connectivity index (χ3n) is 4.06. The largest absolute Gasteiger partial charge is 0.321 e. The summed E-state index contributed by atoms with van der Waals surface area (Å²) in [6.07, 6.45) is 1.65. The van der Waals surface area contributed by atoms with E-state index in [9.17, 15) is 9.59 Å². The molecular formula is C18H12BrN3O2. The van der Waals surface area contributed by atoms with E-state index in [0.29, 0.717) is 22.3 Å². The number of nitrogens with zero attached hydrogens (tertiary/aromatic N) is 2.